The maximum absolute atomic E-state index is 12.9. The molecule has 0 radical (unpaired) electrons. The maximum Gasteiger partial charge on any atom is 0.103 e. The van der Waals surface area contributed by atoms with Crippen molar-refractivity contribution in [2.45, 2.75) is 31.5 Å². The molecule has 0 spiro atoms. The fourth-order valence-electron chi connectivity index (χ4n) is 2.44. The largest absolute Gasteiger partial charge is 0.305 e. The van der Waals surface area contributed by atoms with Gasteiger partial charge in [-0.15, -0.1) is 0 Å². The SMILES string of the molecule is CN1CC[C@@H](N2CCC(F)CC2)C1. The Balaban J connectivity index is 1.81. The van der Waals surface area contributed by atoms with Gasteiger partial charge in [-0.1, -0.05) is 0 Å². The van der Waals surface area contributed by atoms with E-state index >= 15 is 0 Å². The topological polar surface area (TPSA) is 6.48 Å². The van der Waals surface area contributed by atoms with E-state index in [2.05, 4.69) is 16.8 Å². The maximum atomic E-state index is 12.9. The molecule has 76 valence electrons. The standard InChI is InChI=1S/C10H19FN2/c1-12-5-4-10(8-12)13-6-2-9(11)3-7-13/h9-10H,2-8H2,1H3/t10-/m1/s1. The van der Waals surface area contributed by atoms with Crippen molar-refractivity contribution in [3.05, 3.63) is 0 Å². The number of hydrogen-bond acceptors (Lipinski definition) is 2. The molecule has 2 saturated heterocycles. The zero-order chi connectivity index (χ0) is 9.26. The van der Waals surface area contributed by atoms with Crippen LogP contribution in [-0.2, 0) is 0 Å². The number of nitrogens with zero attached hydrogens (tertiary/aromatic N) is 2. The molecule has 0 aliphatic carbocycles. The summed E-state index contributed by atoms with van der Waals surface area (Å²) in [5.74, 6) is 0. The number of likely N-dealkylation sites (tertiary alicyclic amines) is 2. The highest BCUT2D eigenvalue weighted by Crippen LogP contribution is 2.20. The highest BCUT2D eigenvalue weighted by atomic mass is 19.1. The van der Waals surface area contributed by atoms with Gasteiger partial charge in [0.1, 0.15) is 6.17 Å². The van der Waals surface area contributed by atoms with E-state index in [-0.39, 0.29) is 0 Å². The number of halogens is 1. The van der Waals surface area contributed by atoms with Gasteiger partial charge in [-0.25, -0.2) is 4.39 Å². The molecule has 0 bridgehead atoms. The van der Waals surface area contributed by atoms with Crippen LogP contribution < -0.4 is 0 Å². The van der Waals surface area contributed by atoms with Crippen LogP contribution in [0.15, 0.2) is 0 Å². The van der Waals surface area contributed by atoms with Crippen molar-refractivity contribution in [1.82, 2.24) is 9.80 Å². The molecular formula is C10H19FN2. The highest BCUT2D eigenvalue weighted by molar-refractivity contribution is 4.84. The zero-order valence-corrected chi connectivity index (χ0v) is 8.38. The Labute approximate surface area is 79.7 Å². The monoisotopic (exact) mass is 186 g/mol. The van der Waals surface area contributed by atoms with Crippen LogP contribution in [0.3, 0.4) is 0 Å². The van der Waals surface area contributed by atoms with Gasteiger partial charge in [0.05, 0.1) is 0 Å². The van der Waals surface area contributed by atoms with E-state index in [4.69, 9.17) is 0 Å². The molecule has 0 aromatic carbocycles. The van der Waals surface area contributed by atoms with Crippen LogP contribution in [0, 0.1) is 0 Å². The molecular weight excluding hydrogens is 167 g/mol. The minimum absolute atomic E-state index is 0.532. The first-order valence-corrected chi connectivity index (χ1v) is 5.32. The van der Waals surface area contributed by atoms with Gasteiger partial charge in [0.25, 0.3) is 0 Å². The van der Waals surface area contributed by atoms with Gasteiger partial charge in [0.15, 0.2) is 0 Å². The van der Waals surface area contributed by atoms with Crippen LogP contribution in [0.4, 0.5) is 4.39 Å². The molecule has 2 fully saturated rings. The van der Waals surface area contributed by atoms with Crippen molar-refractivity contribution in [1.29, 1.82) is 0 Å². The number of piperidine rings is 1. The average molecular weight is 186 g/mol. The first-order valence-electron chi connectivity index (χ1n) is 5.32. The Bertz CT molecular complexity index is 166. The van der Waals surface area contributed by atoms with Crippen LogP contribution in [0.25, 0.3) is 0 Å². The molecule has 13 heavy (non-hydrogen) atoms. The van der Waals surface area contributed by atoms with E-state index in [0.29, 0.717) is 6.04 Å². The van der Waals surface area contributed by atoms with Crippen LogP contribution in [0.2, 0.25) is 0 Å². The lowest BCUT2D eigenvalue weighted by atomic mass is 10.1. The molecule has 2 aliphatic heterocycles. The first-order chi connectivity index (χ1) is 6.25. The summed E-state index contributed by atoms with van der Waals surface area (Å²) >= 11 is 0. The van der Waals surface area contributed by atoms with Gasteiger partial charge in [-0.2, -0.15) is 0 Å². The van der Waals surface area contributed by atoms with Crippen LogP contribution in [0.5, 0.6) is 0 Å². The molecule has 2 nitrogen and oxygen atoms in total. The summed E-state index contributed by atoms with van der Waals surface area (Å²) in [6.45, 7) is 4.33. The van der Waals surface area contributed by atoms with Gasteiger partial charge >= 0.3 is 0 Å². The van der Waals surface area contributed by atoms with E-state index < -0.39 is 6.17 Å². The Kier molecular flexibility index (Phi) is 2.84. The lowest BCUT2D eigenvalue weighted by molar-refractivity contribution is 0.114. The second-order valence-electron chi connectivity index (χ2n) is 4.42. The van der Waals surface area contributed by atoms with Crippen molar-refractivity contribution in [2.75, 3.05) is 33.2 Å². The first kappa shape index (κ1) is 9.41. The zero-order valence-electron chi connectivity index (χ0n) is 8.38. The summed E-state index contributed by atoms with van der Waals surface area (Å²) < 4.78 is 12.9. The van der Waals surface area contributed by atoms with Crippen LogP contribution >= 0.6 is 0 Å². The van der Waals surface area contributed by atoms with Crippen molar-refractivity contribution >= 4 is 0 Å². The van der Waals surface area contributed by atoms with E-state index in [0.717, 1.165) is 25.9 Å². The van der Waals surface area contributed by atoms with Gasteiger partial charge in [-0.3, -0.25) is 4.90 Å². The lowest BCUT2D eigenvalue weighted by Gasteiger charge is -2.33. The predicted molar refractivity (Wildman–Crippen MR) is 51.6 cm³/mol. The Hall–Kier alpha value is -0.150. The Morgan fingerprint density at radius 2 is 1.77 bits per heavy atom. The molecule has 2 heterocycles. The third-order valence-electron chi connectivity index (χ3n) is 3.34. The number of rotatable bonds is 1. The summed E-state index contributed by atoms with van der Waals surface area (Å²) in [5.41, 5.74) is 0. The number of likely N-dealkylation sites (N-methyl/N-ethyl adjacent to an activating group) is 1. The van der Waals surface area contributed by atoms with E-state index in [1.54, 1.807) is 0 Å². The molecule has 3 heteroatoms. The second-order valence-corrected chi connectivity index (χ2v) is 4.42. The second kappa shape index (κ2) is 3.93. The number of alkyl halides is 1. The summed E-state index contributed by atoms with van der Waals surface area (Å²) in [6, 6.07) is 0.706. The summed E-state index contributed by atoms with van der Waals surface area (Å²) in [7, 11) is 2.17. The molecule has 0 aromatic rings. The normalized spacial score (nSPS) is 34.2. The quantitative estimate of drug-likeness (QED) is 0.605. The summed E-state index contributed by atoms with van der Waals surface area (Å²) in [6.07, 6.45) is 2.24. The Morgan fingerprint density at radius 1 is 1.08 bits per heavy atom. The molecule has 0 aromatic heterocycles. The summed E-state index contributed by atoms with van der Waals surface area (Å²) in [4.78, 5) is 4.84. The fraction of sp³-hybridized carbons (Fsp3) is 1.00. The average Bonchev–Trinajstić information content (AvgIpc) is 2.53. The van der Waals surface area contributed by atoms with Gasteiger partial charge in [0, 0.05) is 25.7 Å². The molecule has 0 N–H and O–H groups in total. The van der Waals surface area contributed by atoms with Gasteiger partial charge < -0.3 is 4.90 Å². The van der Waals surface area contributed by atoms with Crippen molar-refractivity contribution in [2.24, 2.45) is 0 Å². The highest BCUT2D eigenvalue weighted by Gasteiger charge is 2.28. The number of hydrogen-bond donors (Lipinski definition) is 0. The van der Waals surface area contributed by atoms with Gasteiger partial charge in [0.2, 0.25) is 0 Å². The fourth-order valence-corrected chi connectivity index (χ4v) is 2.44. The lowest BCUT2D eigenvalue weighted by Crippen LogP contribution is -2.43. The Morgan fingerprint density at radius 3 is 2.31 bits per heavy atom. The molecule has 1 atom stereocenters. The van der Waals surface area contributed by atoms with E-state index in [9.17, 15) is 4.39 Å². The third-order valence-corrected chi connectivity index (χ3v) is 3.34. The van der Waals surface area contributed by atoms with Crippen molar-refractivity contribution in [3.8, 4) is 0 Å². The van der Waals surface area contributed by atoms with Crippen LogP contribution in [0.1, 0.15) is 19.3 Å². The molecule has 0 amide bonds. The van der Waals surface area contributed by atoms with Crippen molar-refractivity contribution < 1.29 is 4.39 Å². The summed E-state index contributed by atoms with van der Waals surface area (Å²) in [5, 5.41) is 0. The minimum Gasteiger partial charge on any atom is -0.305 e. The van der Waals surface area contributed by atoms with Gasteiger partial charge in [-0.05, 0) is 32.9 Å². The van der Waals surface area contributed by atoms with E-state index in [1.807, 2.05) is 0 Å². The third kappa shape index (κ3) is 2.20. The smallest absolute Gasteiger partial charge is 0.103 e. The van der Waals surface area contributed by atoms with E-state index in [1.165, 1.54) is 19.5 Å². The molecule has 0 unspecified atom stereocenters. The predicted octanol–water partition coefficient (Wildman–Crippen LogP) is 1.12. The minimum atomic E-state index is -0.532. The van der Waals surface area contributed by atoms with Crippen molar-refractivity contribution in [3.63, 3.8) is 0 Å². The molecule has 2 aliphatic rings. The molecule has 0 saturated carbocycles. The molecule has 2 rings (SSSR count). The van der Waals surface area contributed by atoms with Crippen LogP contribution in [-0.4, -0.2) is 55.2 Å².